The Morgan fingerprint density at radius 3 is 2.62 bits per heavy atom. The Balaban J connectivity index is 2.06. The zero-order chi connectivity index (χ0) is 15.6. The second-order valence-corrected chi connectivity index (χ2v) is 7.06. The minimum Gasteiger partial charge on any atom is -0.481 e. The monoisotopic (exact) mass is 292 g/mol. The molecule has 21 heavy (non-hydrogen) atoms. The van der Waals surface area contributed by atoms with Crippen molar-refractivity contribution < 1.29 is 14.7 Å². The fourth-order valence-electron chi connectivity index (χ4n) is 2.64. The van der Waals surface area contributed by atoms with Crippen LogP contribution in [0.4, 0.5) is 0 Å². The molecule has 1 amide bonds. The summed E-state index contributed by atoms with van der Waals surface area (Å²) in [6, 6.07) is 3.74. The number of carboxylic acids is 1. The lowest BCUT2D eigenvalue weighted by molar-refractivity contribution is -0.137. The highest BCUT2D eigenvalue weighted by Crippen LogP contribution is 2.36. The van der Waals surface area contributed by atoms with Crippen molar-refractivity contribution in [3.05, 3.63) is 24.0 Å². The molecule has 1 aliphatic rings. The molecule has 2 N–H and O–H groups in total. The van der Waals surface area contributed by atoms with Crippen LogP contribution in [0.5, 0.6) is 0 Å². The van der Waals surface area contributed by atoms with Crippen molar-refractivity contribution >= 4 is 11.9 Å². The van der Waals surface area contributed by atoms with Gasteiger partial charge in [-0.25, -0.2) is 0 Å². The predicted octanol–water partition coefficient (Wildman–Crippen LogP) is 2.83. The lowest BCUT2D eigenvalue weighted by Crippen LogP contribution is -2.39. The smallest absolute Gasteiger partial charge is 0.305 e. The highest BCUT2D eigenvalue weighted by atomic mass is 16.4. The summed E-state index contributed by atoms with van der Waals surface area (Å²) in [7, 11) is 0. The van der Waals surface area contributed by atoms with E-state index in [1.165, 1.54) is 0 Å². The van der Waals surface area contributed by atoms with Crippen molar-refractivity contribution in [3.63, 3.8) is 0 Å². The van der Waals surface area contributed by atoms with E-state index < -0.39 is 5.97 Å². The molecule has 2 rings (SSSR count). The number of rotatable bonds is 6. The van der Waals surface area contributed by atoms with Crippen molar-refractivity contribution in [2.45, 2.75) is 58.5 Å². The van der Waals surface area contributed by atoms with Gasteiger partial charge in [0.15, 0.2) is 0 Å². The summed E-state index contributed by atoms with van der Waals surface area (Å²) in [6.07, 6.45) is 4.72. The maximum atomic E-state index is 12.4. The molecule has 0 saturated heterocycles. The van der Waals surface area contributed by atoms with Crippen LogP contribution in [-0.2, 0) is 4.79 Å². The summed E-state index contributed by atoms with van der Waals surface area (Å²) in [6.45, 7) is 6.13. The van der Waals surface area contributed by atoms with Gasteiger partial charge in [0.05, 0.1) is 6.42 Å². The van der Waals surface area contributed by atoms with Gasteiger partial charge < -0.3 is 15.0 Å². The summed E-state index contributed by atoms with van der Waals surface area (Å²) in [5, 5.41) is 11.9. The summed E-state index contributed by atoms with van der Waals surface area (Å²) >= 11 is 0. The molecule has 1 unspecified atom stereocenters. The second kappa shape index (κ2) is 5.92. The van der Waals surface area contributed by atoms with Crippen LogP contribution in [-0.4, -0.2) is 27.6 Å². The Kier molecular flexibility index (Phi) is 4.40. The number of carboxylic acid groups (broad SMARTS) is 1. The molecule has 0 bridgehead atoms. The average molecular weight is 292 g/mol. The maximum absolute atomic E-state index is 12.4. The fraction of sp³-hybridized carbons (Fsp3) is 0.625. The van der Waals surface area contributed by atoms with Crippen LogP contribution in [0.3, 0.4) is 0 Å². The Bertz CT molecular complexity index is 524. The van der Waals surface area contributed by atoms with Gasteiger partial charge in [0.2, 0.25) is 0 Å². The largest absolute Gasteiger partial charge is 0.481 e. The summed E-state index contributed by atoms with van der Waals surface area (Å²) in [4.78, 5) is 23.4. The first-order valence-electron chi connectivity index (χ1n) is 7.46. The molecule has 1 heterocycles. The minimum atomic E-state index is -0.887. The Labute approximate surface area is 125 Å². The molecular formula is C16H24N2O3. The molecule has 1 aliphatic carbocycles. The number of carbonyl (C=O) groups excluding carboxylic acids is 1. The van der Waals surface area contributed by atoms with Gasteiger partial charge in [-0.05, 0) is 36.8 Å². The number of nitrogens with one attached hydrogen (secondary N) is 1. The molecule has 0 radical (unpaired) electrons. The van der Waals surface area contributed by atoms with Gasteiger partial charge in [-0.3, -0.25) is 9.59 Å². The summed E-state index contributed by atoms with van der Waals surface area (Å²) < 4.78 is 1.99. The third kappa shape index (κ3) is 4.62. The third-order valence-corrected chi connectivity index (χ3v) is 3.57. The van der Waals surface area contributed by atoms with Gasteiger partial charge >= 0.3 is 5.97 Å². The molecule has 0 aromatic carbocycles. The first kappa shape index (κ1) is 15.6. The number of hydrogen-bond acceptors (Lipinski definition) is 2. The van der Waals surface area contributed by atoms with Crippen molar-refractivity contribution in [2.24, 2.45) is 5.41 Å². The Morgan fingerprint density at radius 2 is 2.10 bits per heavy atom. The van der Waals surface area contributed by atoms with Crippen molar-refractivity contribution in [2.75, 3.05) is 0 Å². The molecule has 1 aromatic rings. The van der Waals surface area contributed by atoms with Crippen LogP contribution < -0.4 is 5.32 Å². The van der Waals surface area contributed by atoms with Gasteiger partial charge in [0.1, 0.15) is 5.69 Å². The molecular weight excluding hydrogens is 268 g/mol. The van der Waals surface area contributed by atoms with Gasteiger partial charge in [-0.1, -0.05) is 20.8 Å². The van der Waals surface area contributed by atoms with E-state index in [4.69, 9.17) is 5.11 Å². The van der Waals surface area contributed by atoms with Crippen LogP contribution in [0.2, 0.25) is 0 Å². The number of amides is 1. The number of carbonyl (C=O) groups is 2. The molecule has 1 atom stereocenters. The molecule has 5 heteroatoms. The van der Waals surface area contributed by atoms with Crippen LogP contribution in [0.15, 0.2) is 18.3 Å². The maximum Gasteiger partial charge on any atom is 0.305 e. The first-order chi connectivity index (χ1) is 9.76. The third-order valence-electron chi connectivity index (χ3n) is 3.57. The quantitative estimate of drug-likeness (QED) is 0.847. The van der Waals surface area contributed by atoms with Crippen LogP contribution in [0.25, 0.3) is 0 Å². The number of aromatic nitrogens is 1. The zero-order valence-corrected chi connectivity index (χ0v) is 12.9. The van der Waals surface area contributed by atoms with E-state index in [1.54, 1.807) is 6.07 Å². The topological polar surface area (TPSA) is 71.3 Å². The van der Waals surface area contributed by atoms with Gasteiger partial charge in [0.25, 0.3) is 5.91 Å². The first-order valence-corrected chi connectivity index (χ1v) is 7.46. The number of nitrogens with zero attached hydrogens (tertiary/aromatic N) is 1. The molecule has 1 saturated carbocycles. The standard InChI is InChI=1S/C16H24N2O3/c1-16(2,3)10-11(9-14(19)20)17-15(21)13-5-4-8-18(13)12-6-7-12/h4-5,8,11-12H,6-7,9-10H2,1-3H3,(H,17,21)(H,19,20). The van der Waals surface area contributed by atoms with Crippen molar-refractivity contribution in [1.29, 1.82) is 0 Å². The van der Waals surface area contributed by atoms with Gasteiger partial charge in [-0.15, -0.1) is 0 Å². The molecule has 0 spiro atoms. The van der Waals surface area contributed by atoms with Crippen LogP contribution in [0.1, 0.15) is 63.0 Å². The highest BCUT2D eigenvalue weighted by molar-refractivity contribution is 5.93. The van der Waals surface area contributed by atoms with E-state index >= 15 is 0 Å². The van der Waals surface area contributed by atoms with E-state index in [9.17, 15) is 9.59 Å². The average Bonchev–Trinajstić information content (AvgIpc) is 3.03. The van der Waals surface area contributed by atoms with Gasteiger partial charge in [-0.2, -0.15) is 0 Å². The van der Waals surface area contributed by atoms with E-state index in [2.05, 4.69) is 5.32 Å². The lowest BCUT2D eigenvalue weighted by Gasteiger charge is -2.26. The van der Waals surface area contributed by atoms with E-state index in [0.717, 1.165) is 12.8 Å². The Hall–Kier alpha value is -1.78. The summed E-state index contributed by atoms with van der Waals surface area (Å²) in [5.74, 6) is -1.07. The minimum absolute atomic E-state index is 0.0358. The lowest BCUT2D eigenvalue weighted by atomic mass is 9.87. The highest BCUT2D eigenvalue weighted by Gasteiger charge is 2.28. The van der Waals surface area contributed by atoms with E-state index in [-0.39, 0.29) is 23.8 Å². The van der Waals surface area contributed by atoms with Crippen LogP contribution in [0, 0.1) is 5.41 Å². The summed E-state index contributed by atoms with van der Waals surface area (Å²) in [5.41, 5.74) is 0.591. The van der Waals surface area contributed by atoms with Gasteiger partial charge in [0, 0.05) is 18.3 Å². The number of hydrogen-bond donors (Lipinski definition) is 2. The predicted molar refractivity (Wildman–Crippen MR) is 80.3 cm³/mol. The molecule has 116 valence electrons. The molecule has 5 nitrogen and oxygen atoms in total. The van der Waals surface area contributed by atoms with Crippen molar-refractivity contribution in [3.8, 4) is 0 Å². The van der Waals surface area contributed by atoms with Crippen molar-refractivity contribution in [1.82, 2.24) is 9.88 Å². The zero-order valence-electron chi connectivity index (χ0n) is 12.9. The van der Waals surface area contributed by atoms with E-state index in [0.29, 0.717) is 18.2 Å². The van der Waals surface area contributed by atoms with E-state index in [1.807, 2.05) is 37.6 Å². The number of aliphatic carboxylic acids is 1. The SMILES string of the molecule is CC(C)(C)CC(CC(=O)O)NC(=O)c1cccn1C1CC1. The molecule has 0 aliphatic heterocycles. The molecule has 1 aromatic heterocycles. The second-order valence-electron chi connectivity index (χ2n) is 7.06. The van der Waals surface area contributed by atoms with Crippen LogP contribution >= 0.6 is 0 Å². The normalized spacial score (nSPS) is 16.5. The molecule has 1 fully saturated rings. The Morgan fingerprint density at radius 1 is 1.43 bits per heavy atom. The fourth-order valence-corrected chi connectivity index (χ4v) is 2.64.